The van der Waals surface area contributed by atoms with Crippen molar-refractivity contribution in [2.75, 3.05) is 6.54 Å². The molecule has 1 heterocycles. The molecule has 1 N–H and O–H groups in total. The Morgan fingerprint density at radius 2 is 2.08 bits per heavy atom. The van der Waals surface area contributed by atoms with Crippen LogP contribution in [0, 0.1) is 17.8 Å². The van der Waals surface area contributed by atoms with E-state index in [0.717, 1.165) is 23.8 Å². The Morgan fingerprint density at radius 1 is 1.38 bits per heavy atom. The van der Waals surface area contributed by atoms with Gasteiger partial charge in [-0.2, -0.15) is 0 Å². The van der Waals surface area contributed by atoms with Crippen molar-refractivity contribution in [3.8, 4) is 0 Å². The van der Waals surface area contributed by atoms with Crippen molar-refractivity contribution >= 4 is 0 Å². The summed E-state index contributed by atoms with van der Waals surface area (Å²) in [5.41, 5.74) is 0. The number of hydrogen-bond donors (Lipinski definition) is 1. The lowest BCUT2D eigenvalue weighted by molar-refractivity contribution is 0.208. The maximum Gasteiger partial charge on any atom is 0.00977 e. The van der Waals surface area contributed by atoms with Crippen LogP contribution in [0.2, 0.25) is 0 Å². The normalized spacial score (nSPS) is 34.2. The third-order valence-corrected chi connectivity index (χ3v) is 3.88. The molecule has 1 saturated heterocycles. The molecule has 0 bridgehead atoms. The predicted molar refractivity (Wildman–Crippen MR) is 58.8 cm³/mol. The lowest BCUT2D eigenvalue weighted by Crippen LogP contribution is -2.43. The van der Waals surface area contributed by atoms with Gasteiger partial charge in [-0.15, -0.1) is 0 Å². The summed E-state index contributed by atoms with van der Waals surface area (Å²) in [5, 5.41) is 3.66. The van der Waals surface area contributed by atoms with Gasteiger partial charge in [-0.1, -0.05) is 34.1 Å². The molecule has 1 heteroatoms. The third kappa shape index (κ3) is 2.98. The molecule has 4 unspecified atom stereocenters. The summed E-state index contributed by atoms with van der Waals surface area (Å²) in [4.78, 5) is 0. The fourth-order valence-corrected chi connectivity index (χ4v) is 2.32. The van der Waals surface area contributed by atoms with Crippen molar-refractivity contribution in [2.45, 2.75) is 53.0 Å². The molecule has 0 amide bonds. The van der Waals surface area contributed by atoms with E-state index in [-0.39, 0.29) is 0 Å². The van der Waals surface area contributed by atoms with Gasteiger partial charge in [-0.05, 0) is 37.1 Å². The second-order valence-electron chi connectivity index (χ2n) is 4.93. The van der Waals surface area contributed by atoms with E-state index in [1.807, 2.05) is 0 Å². The molecule has 1 aliphatic heterocycles. The molecular weight excluding hydrogens is 158 g/mol. The first-order valence-corrected chi connectivity index (χ1v) is 5.88. The second kappa shape index (κ2) is 4.99. The van der Waals surface area contributed by atoms with E-state index in [9.17, 15) is 0 Å². The lowest BCUT2D eigenvalue weighted by Gasteiger charge is -2.35. The van der Waals surface area contributed by atoms with Crippen LogP contribution in [0.3, 0.4) is 0 Å². The van der Waals surface area contributed by atoms with E-state index in [1.54, 1.807) is 0 Å². The van der Waals surface area contributed by atoms with Crippen molar-refractivity contribution in [1.29, 1.82) is 0 Å². The highest BCUT2D eigenvalue weighted by Crippen LogP contribution is 2.26. The second-order valence-corrected chi connectivity index (χ2v) is 4.93. The molecule has 1 nitrogen and oxygen atoms in total. The molecule has 0 radical (unpaired) electrons. The molecule has 0 aromatic rings. The van der Waals surface area contributed by atoms with Gasteiger partial charge in [-0.3, -0.25) is 0 Å². The molecule has 0 spiro atoms. The highest BCUT2D eigenvalue weighted by Gasteiger charge is 2.25. The minimum absolute atomic E-state index is 0.777. The number of nitrogens with one attached hydrogen (secondary N) is 1. The zero-order valence-electron chi connectivity index (χ0n) is 9.64. The van der Waals surface area contributed by atoms with Crippen LogP contribution in [0.25, 0.3) is 0 Å². The van der Waals surface area contributed by atoms with E-state index in [4.69, 9.17) is 0 Å². The van der Waals surface area contributed by atoms with Gasteiger partial charge in [-0.25, -0.2) is 0 Å². The molecule has 1 aliphatic rings. The smallest absolute Gasteiger partial charge is 0.00977 e. The maximum atomic E-state index is 3.66. The molecule has 78 valence electrons. The Bertz CT molecular complexity index is 144. The van der Waals surface area contributed by atoms with E-state index in [2.05, 4.69) is 33.0 Å². The summed E-state index contributed by atoms with van der Waals surface area (Å²) in [7, 11) is 0. The van der Waals surface area contributed by atoms with E-state index < -0.39 is 0 Å². The largest absolute Gasteiger partial charge is 0.314 e. The molecule has 13 heavy (non-hydrogen) atoms. The molecular formula is C12H25N. The Balaban J connectivity index is 2.41. The van der Waals surface area contributed by atoms with Crippen molar-refractivity contribution in [3.05, 3.63) is 0 Å². The van der Waals surface area contributed by atoms with Gasteiger partial charge in [0.05, 0.1) is 0 Å². The van der Waals surface area contributed by atoms with Gasteiger partial charge in [0.25, 0.3) is 0 Å². The summed E-state index contributed by atoms with van der Waals surface area (Å²) >= 11 is 0. The molecule has 0 saturated carbocycles. The van der Waals surface area contributed by atoms with Crippen LogP contribution in [0.15, 0.2) is 0 Å². The Morgan fingerprint density at radius 3 is 2.62 bits per heavy atom. The van der Waals surface area contributed by atoms with Crippen molar-refractivity contribution in [2.24, 2.45) is 17.8 Å². The standard InChI is InChI=1S/C12H25N/c1-5-10(3)11(4)12-8-9(2)6-7-13-12/h9-13H,5-8H2,1-4H3. The van der Waals surface area contributed by atoms with Gasteiger partial charge in [0, 0.05) is 6.04 Å². The molecule has 0 aromatic carbocycles. The van der Waals surface area contributed by atoms with E-state index in [0.29, 0.717) is 0 Å². The molecule has 1 fully saturated rings. The van der Waals surface area contributed by atoms with Crippen molar-refractivity contribution < 1.29 is 0 Å². The van der Waals surface area contributed by atoms with Gasteiger partial charge in [0.2, 0.25) is 0 Å². The Hall–Kier alpha value is -0.0400. The summed E-state index contributed by atoms with van der Waals surface area (Å²) in [6.45, 7) is 10.7. The Kier molecular flexibility index (Phi) is 4.24. The first kappa shape index (κ1) is 11.0. The fourth-order valence-electron chi connectivity index (χ4n) is 2.32. The minimum Gasteiger partial charge on any atom is -0.314 e. The molecule has 4 atom stereocenters. The molecule has 0 aliphatic carbocycles. The highest BCUT2D eigenvalue weighted by molar-refractivity contribution is 4.82. The molecule has 1 rings (SSSR count). The van der Waals surface area contributed by atoms with E-state index >= 15 is 0 Å². The maximum absolute atomic E-state index is 3.66. The van der Waals surface area contributed by atoms with Crippen LogP contribution in [-0.4, -0.2) is 12.6 Å². The SMILES string of the molecule is CCC(C)C(C)C1CC(C)CCN1. The van der Waals surface area contributed by atoms with Crippen molar-refractivity contribution in [1.82, 2.24) is 5.32 Å². The first-order valence-electron chi connectivity index (χ1n) is 5.88. The van der Waals surface area contributed by atoms with Crippen LogP contribution in [-0.2, 0) is 0 Å². The number of rotatable bonds is 3. The third-order valence-electron chi connectivity index (χ3n) is 3.88. The quantitative estimate of drug-likeness (QED) is 0.709. The van der Waals surface area contributed by atoms with Crippen LogP contribution in [0.1, 0.15) is 47.0 Å². The summed E-state index contributed by atoms with van der Waals surface area (Å²) in [6, 6.07) is 0.777. The van der Waals surface area contributed by atoms with Crippen LogP contribution < -0.4 is 5.32 Å². The zero-order valence-corrected chi connectivity index (χ0v) is 9.64. The topological polar surface area (TPSA) is 12.0 Å². The number of piperidine rings is 1. The average molecular weight is 183 g/mol. The average Bonchev–Trinajstić information content (AvgIpc) is 2.15. The van der Waals surface area contributed by atoms with Crippen LogP contribution >= 0.6 is 0 Å². The molecule has 0 aromatic heterocycles. The monoisotopic (exact) mass is 183 g/mol. The van der Waals surface area contributed by atoms with Gasteiger partial charge < -0.3 is 5.32 Å². The van der Waals surface area contributed by atoms with Crippen LogP contribution in [0.5, 0.6) is 0 Å². The Labute approximate surface area is 83.3 Å². The van der Waals surface area contributed by atoms with Gasteiger partial charge in [0.15, 0.2) is 0 Å². The fraction of sp³-hybridized carbons (Fsp3) is 1.00. The highest BCUT2D eigenvalue weighted by atomic mass is 14.9. The van der Waals surface area contributed by atoms with E-state index in [1.165, 1.54) is 25.8 Å². The minimum atomic E-state index is 0.777. The lowest BCUT2D eigenvalue weighted by atomic mass is 9.80. The first-order chi connectivity index (χ1) is 6.15. The van der Waals surface area contributed by atoms with Gasteiger partial charge >= 0.3 is 0 Å². The van der Waals surface area contributed by atoms with Crippen LogP contribution in [0.4, 0.5) is 0 Å². The summed E-state index contributed by atoms with van der Waals surface area (Å²) in [5.74, 6) is 2.63. The van der Waals surface area contributed by atoms with Crippen molar-refractivity contribution in [3.63, 3.8) is 0 Å². The van der Waals surface area contributed by atoms with Gasteiger partial charge in [0.1, 0.15) is 0 Å². The predicted octanol–water partition coefficient (Wildman–Crippen LogP) is 3.06. The number of hydrogen-bond acceptors (Lipinski definition) is 1. The summed E-state index contributed by atoms with van der Waals surface area (Å²) < 4.78 is 0. The summed E-state index contributed by atoms with van der Waals surface area (Å²) in [6.07, 6.45) is 4.06. The zero-order chi connectivity index (χ0) is 9.84.